The van der Waals surface area contributed by atoms with Crippen molar-refractivity contribution < 1.29 is 13.5 Å². The highest BCUT2D eigenvalue weighted by Gasteiger charge is 2.27. The van der Waals surface area contributed by atoms with E-state index in [4.69, 9.17) is 4.74 Å². The highest BCUT2D eigenvalue weighted by atomic mass is 19.1. The van der Waals surface area contributed by atoms with Gasteiger partial charge in [-0.25, -0.2) is 8.78 Å². The number of nitrogens with one attached hydrogen (secondary N) is 1. The van der Waals surface area contributed by atoms with Crippen LogP contribution in [0.2, 0.25) is 0 Å². The van der Waals surface area contributed by atoms with Gasteiger partial charge in [0, 0.05) is 29.6 Å². The van der Waals surface area contributed by atoms with Gasteiger partial charge in [-0.2, -0.15) is 0 Å². The lowest BCUT2D eigenvalue weighted by atomic mass is 9.92. The number of ether oxygens (including phenoxy) is 1. The Bertz CT molecular complexity index is 644. The second kappa shape index (κ2) is 5.82. The van der Waals surface area contributed by atoms with Gasteiger partial charge in [-0.3, -0.25) is 0 Å². The van der Waals surface area contributed by atoms with Crippen LogP contribution in [0, 0.1) is 17.6 Å². The molecule has 4 heteroatoms. The summed E-state index contributed by atoms with van der Waals surface area (Å²) in [6.07, 6.45) is 0. The maximum Gasteiger partial charge on any atom is 0.127 e. The molecule has 1 heterocycles. The van der Waals surface area contributed by atoms with Gasteiger partial charge < -0.3 is 10.1 Å². The SMILES string of the molecule is CC1COc2ccccc2C1NCc1cc(F)ccc1F. The number of para-hydroxylation sites is 1. The van der Waals surface area contributed by atoms with E-state index in [1.165, 1.54) is 6.07 Å². The van der Waals surface area contributed by atoms with Gasteiger partial charge >= 0.3 is 0 Å². The Balaban J connectivity index is 1.80. The van der Waals surface area contributed by atoms with Gasteiger partial charge in [0.25, 0.3) is 0 Å². The predicted octanol–water partition coefficient (Wildman–Crippen LogP) is 3.82. The Morgan fingerprint density at radius 2 is 2.00 bits per heavy atom. The molecule has 1 aliphatic heterocycles. The Morgan fingerprint density at radius 1 is 1.19 bits per heavy atom. The van der Waals surface area contributed by atoms with Gasteiger partial charge in [0.1, 0.15) is 17.4 Å². The molecule has 21 heavy (non-hydrogen) atoms. The molecular weight excluding hydrogens is 272 g/mol. The number of halogens is 2. The second-order valence-corrected chi connectivity index (χ2v) is 5.42. The van der Waals surface area contributed by atoms with Crippen LogP contribution in [0.5, 0.6) is 5.75 Å². The Kier molecular flexibility index (Phi) is 3.88. The van der Waals surface area contributed by atoms with Crippen molar-refractivity contribution in [1.82, 2.24) is 5.32 Å². The van der Waals surface area contributed by atoms with Gasteiger partial charge in [-0.05, 0) is 24.3 Å². The highest BCUT2D eigenvalue weighted by molar-refractivity contribution is 5.38. The largest absolute Gasteiger partial charge is 0.493 e. The zero-order valence-corrected chi connectivity index (χ0v) is 11.8. The summed E-state index contributed by atoms with van der Waals surface area (Å²) in [7, 11) is 0. The molecule has 2 atom stereocenters. The summed E-state index contributed by atoms with van der Waals surface area (Å²) < 4.78 is 32.6. The number of benzene rings is 2. The molecule has 1 N–H and O–H groups in total. The van der Waals surface area contributed by atoms with Crippen LogP contribution in [0.15, 0.2) is 42.5 Å². The lowest BCUT2D eigenvalue weighted by Crippen LogP contribution is -2.33. The zero-order chi connectivity index (χ0) is 14.8. The number of rotatable bonds is 3. The monoisotopic (exact) mass is 289 g/mol. The molecule has 3 rings (SSSR count). The summed E-state index contributed by atoms with van der Waals surface area (Å²) in [5.74, 6) is 0.301. The molecule has 2 unspecified atom stereocenters. The Morgan fingerprint density at radius 3 is 2.86 bits per heavy atom. The van der Waals surface area contributed by atoms with E-state index in [0.717, 1.165) is 23.4 Å². The van der Waals surface area contributed by atoms with E-state index in [9.17, 15) is 8.78 Å². The first-order valence-electron chi connectivity index (χ1n) is 7.04. The molecule has 0 bridgehead atoms. The first kappa shape index (κ1) is 14.0. The summed E-state index contributed by atoms with van der Waals surface area (Å²) in [6.45, 7) is 2.97. The summed E-state index contributed by atoms with van der Waals surface area (Å²) in [5.41, 5.74) is 1.40. The first-order valence-corrected chi connectivity index (χ1v) is 7.04. The van der Waals surface area contributed by atoms with Gasteiger partial charge in [-0.15, -0.1) is 0 Å². The van der Waals surface area contributed by atoms with Gasteiger partial charge in [0.05, 0.1) is 6.61 Å². The molecule has 2 nitrogen and oxygen atoms in total. The average molecular weight is 289 g/mol. The fourth-order valence-corrected chi connectivity index (χ4v) is 2.70. The molecule has 110 valence electrons. The van der Waals surface area contributed by atoms with Crippen molar-refractivity contribution in [2.75, 3.05) is 6.61 Å². The van der Waals surface area contributed by atoms with Crippen molar-refractivity contribution in [3.63, 3.8) is 0 Å². The molecular formula is C17H17F2NO. The van der Waals surface area contributed by atoms with Crippen LogP contribution in [0.25, 0.3) is 0 Å². The van der Waals surface area contributed by atoms with Crippen LogP contribution >= 0.6 is 0 Å². The molecule has 0 amide bonds. The first-order chi connectivity index (χ1) is 10.1. The molecule has 0 saturated carbocycles. The zero-order valence-electron chi connectivity index (χ0n) is 11.8. The van der Waals surface area contributed by atoms with Crippen molar-refractivity contribution in [3.8, 4) is 5.75 Å². The molecule has 2 aromatic carbocycles. The summed E-state index contributed by atoms with van der Waals surface area (Å²) in [6, 6.07) is 11.4. The third kappa shape index (κ3) is 2.90. The standard InChI is InChI=1S/C17H17F2NO/c1-11-10-21-16-5-3-2-4-14(16)17(11)20-9-12-8-13(18)6-7-15(12)19/h2-8,11,17,20H,9-10H2,1H3. The maximum atomic E-state index is 13.7. The van der Waals surface area contributed by atoms with E-state index in [1.54, 1.807) is 0 Å². The number of hydrogen-bond acceptors (Lipinski definition) is 2. The molecule has 0 aromatic heterocycles. The summed E-state index contributed by atoms with van der Waals surface area (Å²) >= 11 is 0. The van der Waals surface area contributed by atoms with Gasteiger partial charge in [-0.1, -0.05) is 25.1 Å². The van der Waals surface area contributed by atoms with Crippen LogP contribution in [-0.4, -0.2) is 6.61 Å². The normalized spacial score (nSPS) is 20.7. The van der Waals surface area contributed by atoms with E-state index in [0.29, 0.717) is 12.2 Å². The quantitative estimate of drug-likeness (QED) is 0.927. The smallest absolute Gasteiger partial charge is 0.127 e. The van der Waals surface area contributed by atoms with E-state index in [1.807, 2.05) is 24.3 Å². The molecule has 0 fully saturated rings. The Hall–Kier alpha value is -1.94. The summed E-state index contributed by atoms with van der Waals surface area (Å²) in [4.78, 5) is 0. The minimum atomic E-state index is -0.423. The minimum Gasteiger partial charge on any atom is -0.493 e. The highest BCUT2D eigenvalue weighted by Crippen LogP contribution is 2.35. The van der Waals surface area contributed by atoms with E-state index in [-0.39, 0.29) is 18.5 Å². The maximum absolute atomic E-state index is 13.7. The molecule has 1 aliphatic rings. The van der Waals surface area contributed by atoms with Crippen LogP contribution in [0.4, 0.5) is 8.78 Å². The minimum absolute atomic E-state index is 0.0672. The third-order valence-corrected chi connectivity index (χ3v) is 3.85. The molecule has 0 spiro atoms. The van der Waals surface area contributed by atoms with Crippen molar-refractivity contribution in [3.05, 3.63) is 65.2 Å². The lowest BCUT2D eigenvalue weighted by Gasteiger charge is -2.32. The van der Waals surface area contributed by atoms with E-state index >= 15 is 0 Å². The number of fused-ring (bicyclic) bond motifs is 1. The third-order valence-electron chi connectivity index (χ3n) is 3.85. The van der Waals surface area contributed by atoms with Crippen LogP contribution in [0.1, 0.15) is 24.1 Å². The second-order valence-electron chi connectivity index (χ2n) is 5.42. The topological polar surface area (TPSA) is 21.3 Å². The summed E-state index contributed by atoms with van der Waals surface area (Å²) in [5, 5.41) is 3.33. The Labute approximate surface area is 122 Å². The molecule has 0 saturated heterocycles. The van der Waals surface area contributed by atoms with E-state index < -0.39 is 11.6 Å². The van der Waals surface area contributed by atoms with E-state index in [2.05, 4.69) is 12.2 Å². The van der Waals surface area contributed by atoms with Crippen molar-refractivity contribution in [2.45, 2.75) is 19.5 Å². The van der Waals surface area contributed by atoms with Crippen molar-refractivity contribution >= 4 is 0 Å². The molecule has 2 aromatic rings. The van der Waals surface area contributed by atoms with Gasteiger partial charge in [0.15, 0.2) is 0 Å². The molecule has 0 aliphatic carbocycles. The van der Waals surface area contributed by atoms with Crippen LogP contribution < -0.4 is 10.1 Å². The number of hydrogen-bond donors (Lipinski definition) is 1. The molecule has 0 radical (unpaired) electrons. The van der Waals surface area contributed by atoms with Gasteiger partial charge in [0.2, 0.25) is 0 Å². The fourth-order valence-electron chi connectivity index (χ4n) is 2.70. The van der Waals surface area contributed by atoms with Crippen molar-refractivity contribution in [2.24, 2.45) is 5.92 Å². The fraction of sp³-hybridized carbons (Fsp3) is 0.294. The van der Waals surface area contributed by atoms with Crippen LogP contribution in [-0.2, 0) is 6.54 Å². The van der Waals surface area contributed by atoms with Crippen LogP contribution in [0.3, 0.4) is 0 Å². The lowest BCUT2D eigenvalue weighted by molar-refractivity contribution is 0.187. The predicted molar refractivity (Wildman–Crippen MR) is 77.0 cm³/mol. The average Bonchev–Trinajstić information content (AvgIpc) is 2.49. The van der Waals surface area contributed by atoms with Crippen molar-refractivity contribution in [1.29, 1.82) is 0 Å².